The van der Waals surface area contributed by atoms with Gasteiger partial charge >= 0.3 is 0 Å². The average molecular weight is 305 g/mol. The SMILES string of the molecule is CC.c1ccc(OCCCCOCCCc2ccon2)cc1. The van der Waals surface area contributed by atoms with Gasteiger partial charge < -0.3 is 14.0 Å². The molecule has 4 nitrogen and oxygen atoms in total. The van der Waals surface area contributed by atoms with E-state index in [-0.39, 0.29) is 0 Å². The van der Waals surface area contributed by atoms with E-state index in [9.17, 15) is 0 Å². The van der Waals surface area contributed by atoms with Crippen LogP contribution in [-0.2, 0) is 11.2 Å². The van der Waals surface area contributed by atoms with Crippen LogP contribution in [0, 0.1) is 0 Å². The van der Waals surface area contributed by atoms with Gasteiger partial charge in [0.25, 0.3) is 0 Å². The van der Waals surface area contributed by atoms with Crippen LogP contribution in [0.5, 0.6) is 5.75 Å². The normalized spacial score (nSPS) is 9.91. The molecule has 1 heterocycles. The van der Waals surface area contributed by atoms with Crippen LogP contribution in [0.25, 0.3) is 0 Å². The molecule has 0 saturated heterocycles. The van der Waals surface area contributed by atoms with Crippen molar-refractivity contribution in [3.05, 3.63) is 48.4 Å². The third-order valence-electron chi connectivity index (χ3n) is 2.91. The number of aryl methyl sites for hydroxylation is 1. The summed E-state index contributed by atoms with van der Waals surface area (Å²) in [7, 11) is 0. The summed E-state index contributed by atoms with van der Waals surface area (Å²) in [5.41, 5.74) is 0.991. The Kier molecular flexibility index (Phi) is 10.7. The highest BCUT2D eigenvalue weighted by Gasteiger charge is 1.97. The Hall–Kier alpha value is -1.81. The van der Waals surface area contributed by atoms with Crippen LogP contribution in [0.3, 0.4) is 0 Å². The Balaban J connectivity index is 0.00000116. The fourth-order valence-electron chi connectivity index (χ4n) is 1.84. The lowest BCUT2D eigenvalue weighted by Crippen LogP contribution is -2.02. The van der Waals surface area contributed by atoms with Crippen LogP contribution < -0.4 is 4.74 Å². The second-order valence-electron chi connectivity index (χ2n) is 4.58. The molecular formula is C18H27NO3. The summed E-state index contributed by atoms with van der Waals surface area (Å²) in [6, 6.07) is 11.8. The number of hydrogen-bond acceptors (Lipinski definition) is 4. The summed E-state index contributed by atoms with van der Waals surface area (Å²) in [6.07, 6.45) is 5.53. The second kappa shape index (κ2) is 12.9. The topological polar surface area (TPSA) is 44.5 Å². The summed E-state index contributed by atoms with van der Waals surface area (Å²) in [6.45, 7) is 6.30. The Morgan fingerprint density at radius 1 is 0.909 bits per heavy atom. The number of rotatable bonds is 10. The molecule has 4 heteroatoms. The first-order chi connectivity index (χ1) is 10.9. The summed E-state index contributed by atoms with van der Waals surface area (Å²) < 4.78 is 15.9. The van der Waals surface area contributed by atoms with E-state index in [2.05, 4.69) is 5.16 Å². The summed E-state index contributed by atoms with van der Waals surface area (Å²) in [5, 5.41) is 3.86. The highest BCUT2D eigenvalue weighted by molar-refractivity contribution is 5.20. The van der Waals surface area contributed by atoms with Gasteiger partial charge in [0.1, 0.15) is 12.0 Å². The first kappa shape index (κ1) is 18.2. The van der Waals surface area contributed by atoms with Crippen molar-refractivity contribution in [2.75, 3.05) is 19.8 Å². The van der Waals surface area contributed by atoms with Gasteiger partial charge in [-0.15, -0.1) is 0 Å². The largest absolute Gasteiger partial charge is 0.494 e. The number of hydrogen-bond donors (Lipinski definition) is 0. The van der Waals surface area contributed by atoms with Gasteiger partial charge in [0.15, 0.2) is 0 Å². The molecule has 0 aliphatic heterocycles. The van der Waals surface area contributed by atoms with Crippen LogP contribution in [0.4, 0.5) is 0 Å². The summed E-state index contributed by atoms with van der Waals surface area (Å²) >= 11 is 0. The van der Waals surface area contributed by atoms with Crippen LogP contribution in [0.2, 0.25) is 0 Å². The van der Waals surface area contributed by atoms with Crippen molar-refractivity contribution < 1.29 is 14.0 Å². The molecule has 0 fully saturated rings. The minimum absolute atomic E-state index is 0.742. The molecule has 122 valence electrons. The maximum atomic E-state index is 5.61. The van der Waals surface area contributed by atoms with Gasteiger partial charge in [0.05, 0.1) is 12.3 Å². The van der Waals surface area contributed by atoms with Gasteiger partial charge in [-0.25, -0.2) is 0 Å². The third-order valence-corrected chi connectivity index (χ3v) is 2.91. The van der Waals surface area contributed by atoms with E-state index in [1.807, 2.05) is 50.2 Å². The molecule has 1 aromatic heterocycles. The number of aromatic nitrogens is 1. The van der Waals surface area contributed by atoms with Gasteiger partial charge in [-0.2, -0.15) is 0 Å². The maximum Gasteiger partial charge on any atom is 0.124 e. The lowest BCUT2D eigenvalue weighted by atomic mass is 10.2. The Morgan fingerprint density at radius 2 is 1.64 bits per heavy atom. The van der Waals surface area contributed by atoms with Crippen LogP contribution >= 0.6 is 0 Å². The first-order valence-corrected chi connectivity index (χ1v) is 8.10. The van der Waals surface area contributed by atoms with Crippen LogP contribution in [0.15, 0.2) is 47.2 Å². The minimum atomic E-state index is 0.742. The summed E-state index contributed by atoms with van der Waals surface area (Å²) in [5.74, 6) is 0.932. The molecule has 0 saturated carbocycles. The van der Waals surface area contributed by atoms with Gasteiger partial charge in [-0.05, 0) is 37.8 Å². The van der Waals surface area contributed by atoms with E-state index in [1.54, 1.807) is 6.26 Å². The standard InChI is InChI=1S/C16H21NO3.C2H6/c1-2-8-16(9-3-1)19-13-5-4-11-18-12-6-7-15-10-14-20-17-15;1-2/h1-3,8-10,14H,4-7,11-13H2;1-2H3. The molecule has 0 unspecified atom stereocenters. The quantitative estimate of drug-likeness (QED) is 0.606. The fourth-order valence-corrected chi connectivity index (χ4v) is 1.84. The highest BCUT2D eigenvalue weighted by Crippen LogP contribution is 2.08. The molecule has 22 heavy (non-hydrogen) atoms. The van der Waals surface area contributed by atoms with Crippen molar-refractivity contribution in [2.45, 2.75) is 39.5 Å². The van der Waals surface area contributed by atoms with Crippen molar-refractivity contribution >= 4 is 0 Å². The second-order valence-corrected chi connectivity index (χ2v) is 4.58. The molecule has 0 amide bonds. The molecule has 0 aliphatic carbocycles. The predicted molar refractivity (Wildman–Crippen MR) is 88.2 cm³/mol. The Bertz CT molecular complexity index is 443. The van der Waals surface area contributed by atoms with E-state index in [0.717, 1.165) is 56.9 Å². The molecule has 0 bridgehead atoms. The van der Waals surface area contributed by atoms with E-state index in [4.69, 9.17) is 14.0 Å². The molecule has 1 aromatic carbocycles. The molecule has 0 aliphatic rings. The zero-order valence-electron chi connectivity index (χ0n) is 13.7. The number of unbranched alkanes of at least 4 members (excludes halogenated alkanes) is 1. The first-order valence-electron chi connectivity index (χ1n) is 8.10. The van der Waals surface area contributed by atoms with Gasteiger partial charge in [-0.3, -0.25) is 0 Å². The van der Waals surface area contributed by atoms with Gasteiger partial charge in [-0.1, -0.05) is 37.2 Å². The van der Waals surface area contributed by atoms with E-state index < -0.39 is 0 Å². The average Bonchev–Trinajstić information content (AvgIpc) is 3.09. The highest BCUT2D eigenvalue weighted by atomic mass is 16.5. The molecule has 0 radical (unpaired) electrons. The fraction of sp³-hybridized carbons (Fsp3) is 0.500. The van der Waals surface area contributed by atoms with Crippen LogP contribution in [-0.4, -0.2) is 25.0 Å². The number of benzene rings is 1. The predicted octanol–water partition coefficient (Wildman–Crippen LogP) is 4.51. The monoisotopic (exact) mass is 305 g/mol. The molecule has 0 spiro atoms. The Labute approximate surface area is 133 Å². The molecule has 0 N–H and O–H groups in total. The zero-order chi connectivity index (χ0) is 15.9. The van der Waals surface area contributed by atoms with Crippen LogP contribution in [0.1, 0.15) is 38.8 Å². The van der Waals surface area contributed by atoms with Gasteiger partial charge in [0.2, 0.25) is 0 Å². The van der Waals surface area contributed by atoms with E-state index >= 15 is 0 Å². The van der Waals surface area contributed by atoms with Crippen molar-refractivity contribution in [1.29, 1.82) is 0 Å². The molecule has 2 aromatic rings. The number of para-hydroxylation sites is 1. The lowest BCUT2D eigenvalue weighted by molar-refractivity contribution is 0.124. The summed E-state index contributed by atoms with van der Waals surface area (Å²) in [4.78, 5) is 0. The Morgan fingerprint density at radius 3 is 2.36 bits per heavy atom. The molecule has 2 rings (SSSR count). The van der Waals surface area contributed by atoms with Crippen molar-refractivity contribution in [2.24, 2.45) is 0 Å². The number of ether oxygens (including phenoxy) is 2. The van der Waals surface area contributed by atoms with Crippen molar-refractivity contribution in [1.82, 2.24) is 5.16 Å². The number of nitrogens with zero attached hydrogens (tertiary/aromatic N) is 1. The maximum absolute atomic E-state index is 5.61. The molecular weight excluding hydrogens is 278 g/mol. The van der Waals surface area contributed by atoms with Crippen molar-refractivity contribution in [3.63, 3.8) is 0 Å². The lowest BCUT2D eigenvalue weighted by Gasteiger charge is -2.06. The smallest absolute Gasteiger partial charge is 0.124 e. The zero-order valence-corrected chi connectivity index (χ0v) is 13.7. The molecule has 0 atom stereocenters. The minimum Gasteiger partial charge on any atom is -0.494 e. The third kappa shape index (κ3) is 8.47. The van der Waals surface area contributed by atoms with E-state index in [1.165, 1.54) is 0 Å². The van der Waals surface area contributed by atoms with E-state index in [0.29, 0.717) is 0 Å². The van der Waals surface area contributed by atoms with Crippen molar-refractivity contribution in [3.8, 4) is 5.75 Å². The van der Waals surface area contributed by atoms with Gasteiger partial charge in [0, 0.05) is 19.3 Å².